The largest absolute Gasteiger partial charge is 0.493 e. The Balaban J connectivity index is 2.38. The number of hydrogen-bond acceptors (Lipinski definition) is 5. The Morgan fingerprint density at radius 2 is 1.83 bits per heavy atom. The molecule has 0 saturated carbocycles. The van der Waals surface area contributed by atoms with E-state index in [0.29, 0.717) is 42.9 Å². The second-order valence-electron chi connectivity index (χ2n) is 5.28. The Kier molecular flexibility index (Phi) is 8.33. The molecule has 130 valence electrons. The molecule has 0 heterocycles. The monoisotopic (exact) mass is 332 g/mol. The molecule has 24 heavy (non-hydrogen) atoms. The number of Topliss-reactive ketones (excluding diaryl/α,β-unsaturated/α-hetero) is 1. The number of ether oxygens (including phenoxy) is 3. The van der Waals surface area contributed by atoms with Crippen LogP contribution in [0.1, 0.15) is 31.7 Å². The third-order valence-electron chi connectivity index (χ3n) is 3.34. The van der Waals surface area contributed by atoms with Crippen LogP contribution in [0.5, 0.6) is 11.5 Å². The van der Waals surface area contributed by atoms with Crippen LogP contribution in [0.4, 0.5) is 0 Å². The maximum Gasteiger partial charge on any atom is 0.330 e. The molecule has 0 radical (unpaired) electrons. The van der Waals surface area contributed by atoms with E-state index in [1.165, 1.54) is 6.08 Å². The lowest BCUT2D eigenvalue weighted by Crippen LogP contribution is -2.04. The van der Waals surface area contributed by atoms with Gasteiger partial charge in [0, 0.05) is 12.5 Å². The number of hydrogen-bond donors (Lipinski definition) is 0. The topological polar surface area (TPSA) is 61.8 Å². The lowest BCUT2D eigenvalue weighted by atomic mass is 10.1. The Morgan fingerprint density at radius 3 is 2.46 bits per heavy atom. The van der Waals surface area contributed by atoms with Gasteiger partial charge in [0.05, 0.1) is 20.8 Å². The highest BCUT2D eigenvalue weighted by Crippen LogP contribution is 2.27. The van der Waals surface area contributed by atoms with Gasteiger partial charge in [-0.05, 0) is 49.1 Å². The normalized spacial score (nSPS) is 10.5. The molecular weight excluding hydrogens is 308 g/mol. The Hall–Kier alpha value is -2.56. The SMILES string of the molecule is C=C(C)C(=O)CCCCOC(=O)/C=C/c1ccc(OC)c(OC)c1. The highest BCUT2D eigenvalue weighted by molar-refractivity contribution is 5.94. The number of ketones is 1. The molecule has 0 bridgehead atoms. The minimum atomic E-state index is -0.420. The number of rotatable bonds is 10. The van der Waals surface area contributed by atoms with Gasteiger partial charge in [0.2, 0.25) is 0 Å². The van der Waals surface area contributed by atoms with Gasteiger partial charge in [0.25, 0.3) is 0 Å². The molecule has 0 fully saturated rings. The van der Waals surface area contributed by atoms with Crippen molar-refractivity contribution in [3.8, 4) is 11.5 Å². The van der Waals surface area contributed by atoms with Crippen LogP contribution in [0.15, 0.2) is 36.4 Å². The number of benzene rings is 1. The average Bonchev–Trinajstić information content (AvgIpc) is 2.58. The molecule has 0 aliphatic heterocycles. The summed E-state index contributed by atoms with van der Waals surface area (Å²) in [7, 11) is 3.12. The first-order valence-corrected chi connectivity index (χ1v) is 7.73. The molecule has 0 N–H and O–H groups in total. The second-order valence-corrected chi connectivity index (χ2v) is 5.28. The molecule has 0 amide bonds. The summed E-state index contributed by atoms with van der Waals surface area (Å²) in [6.45, 7) is 5.58. The van der Waals surface area contributed by atoms with Crippen LogP contribution in [0.3, 0.4) is 0 Å². The minimum Gasteiger partial charge on any atom is -0.493 e. The van der Waals surface area contributed by atoms with Gasteiger partial charge >= 0.3 is 5.97 Å². The van der Waals surface area contributed by atoms with Crippen molar-refractivity contribution in [3.05, 3.63) is 42.0 Å². The van der Waals surface area contributed by atoms with E-state index in [2.05, 4.69) is 6.58 Å². The van der Waals surface area contributed by atoms with Crippen LogP contribution >= 0.6 is 0 Å². The number of unbranched alkanes of at least 4 members (excludes halogenated alkanes) is 1. The lowest BCUT2D eigenvalue weighted by molar-refractivity contribution is -0.137. The Bertz CT molecular complexity index is 616. The van der Waals surface area contributed by atoms with Crippen LogP contribution in [0.2, 0.25) is 0 Å². The second kappa shape index (κ2) is 10.3. The van der Waals surface area contributed by atoms with Crippen LogP contribution in [0, 0.1) is 0 Å². The first kappa shape index (κ1) is 19.5. The van der Waals surface area contributed by atoms with E-state index in [1.54, 1.807) is 39.4 Å². The van der Waals surface area contributed by atoms with Gasteiger partial charge < -0.3 is 14.2 Å². The van der Waals surface area contributed by atoms with Crippen LogP contribution in [0.25, 0.3) is 6.08 Å². The molecule has 0 saturated heterocycles. The van der Waals surface area contributed by atoms with Gasteiger partial charge in [-0.1, -0.05) is 12.6 Å². The molecule has 5 heteroatoms. The molecule has 0 spiro atoms. The van der Waals surface area contributed by atoms with Gasteiger partial charge in [-0.25, -0.2) is 4.79 Å². The fraction of sp³-hybridized carbons (Fsp3) is 0.368. The van der Waals surface area contributed by atoms with E-state index in [4.69, 9.17) is 14.2 Å². The van der Waals surface area contributed by atoms with E-state index in [0.717, 1.165) is 5.56 Å². The van der Waals surface area contributed by atoms with Crippen molar-refractivity contribution in [2.75, 3.05) is 20.8 Å². The number of allylic oxidation sites excluding steroid dienone is 1. The zero-order valence-corrected chi connectivity index (χ0v) is 14.5. The summed E-state index contributed by atoms with van der Waals surface area (Å²) in [4.78, 5) is 23.0. The molecule has 0 unspecified atom stereocenters. The smallest absolute Gasteiger partial charge is 0.330 e. The van der Waals surface area contributed by atoms with Crippen molar-refractivity contribution in [2.45, 2.75) is 26.2 Å². The van der Waals surface area contributed by atoms with Crippen molar-refractivity contribution >= 4 is 17.8 Å². The van der Waals surface area contributed by atoms with Crippen LogP contribution in [-0.4, -0.2) is 32.6 Å². The fourth-order valence-electron chi connectivity index (χ4n) is 1.94. The number of carbonyl (C=O) groups is 2. The summed E-state index contributed by atoms with van der Waals surface area (Å²) >= 11 is 0. The van der Waals surface area contributed by atoms with Crippen LogP contribution in [-0.2, 0) is 14.3 Å². The summed E-state index contributed by atoms with van der Waals surface area (Å²) in [5, 5.41) is 0. The summed E-state index contributed by atoms with van der Waals surface area (Å²) in [6, 6.07) is 5.35. The quantitative estimate of drug-likeness (QED) is 0.372. The molecule has 1 aromatic carbocycles. The summed E-state index contributed by atoms with van der Waals surface area (Å²) in [5.41, 5.74) is 1.36. The minimum absolute atomic E-state index is 0.0506. The summed E-state index contributed by atoms with van der Waals surface area (Å²) in [6.07, 6.45) is 4.77. The zero-order valence-electron chi connectivity index (χ0n) is 14.5. The maximum absolute atomic E-state index is 11.7. The molecule has 0 aromatic heterocycles. The van der Waals surface area contributed by atoms with E-state index in [1.807, 2.05) is 6.07 Å². The average molecular weight is 332 g/mol. The van der Waals surface area contributed by atoms with Crippen molar-refractivity contribution in [2.24, 2.45) is 0 Å². The van der Waals surface area contributed by atoms with Gasteiger partial charge in [0.15, 0.2) is 17.3 Å². The predicted molar refractivity (Wildman–Crippen MR) is 93.2 cm³/mol. The zero-order chi connectivity index (χ0) is 17.9. The molecular formula is C19H24O5. The van der Waals surface area contributed by atoms with Crippen molar-refractivity contribution < 1.29 is 23.8 Å². The maximum atomic E-state index is 11.7. The fourth-order valence-corrected chi connectivity index (χ4v) is 1.94. The van der Waals surface area contributed by atoms with E-state index in [9.17, 15) is 9.59 Å². The highest BCUT2D eigenvalue weighted by Gasteiger charge is 2.04. The van der Waals surface area contributed by atoms with Crippen molar-refractivity contribution in [1.82, 2.24) is 0 Å². The number of esters is 1. The Labute approximate surface area is 142 Å². The standard InChI is InChI=1S/C19H24O5/c1-14(2)16(20)7-5-6-12-24-19(21)11-9-15-8-10-17(22-3)18(13-15)23-4/h8-11,13H,1,5-7,12H2,2-4H3/b11-9+. The van der Waals surface area contributed by atoms with Crippen molar-refractivity contribution in [1.29, 1.82) is 0 Å². The summed E-state index contributed by atoms with van der Waals surface area (Å²) < 4.78 is 15.4. The molecule has 0 aliphatic rings. The highest BCUT2D eigenvalue weighted by atomic mass is 16.5. The van der Waals surface area contributed by atoms with E-state index < -0.39 is 5.97 Å². The van der Waals surface area contributed by atoms with E-state index in [-0.39, 0.29) is 5.78 Å². The Morgan fingerprint density at radius 1 is 1.12 bits per heavy atom. The third kappa shape index (κ3) is 6.69. The number of carbonyl (C=O) groups excluding carboxylic acids is 2. The van der Waals surface area contributed by atoms with Gasteiger partial charge in [-0.2, -0.15) is 0 Å². The van der Waals surface area contributed by atoms with Crippen LogP contribution < -0.4 is 9.47 Å². The molecule has 5 nitrogen and oxygen atoms in total. The van der Waals surface area contributed by atoms with Crippen molar-refractivity contribution in [3.63, 3.8) is 0 Å². The van der Waals surface area contributed by atoms with Gasteiger partial charge in [-0.3, -0.25) is 4.79 Å². The molecule has 1 aromatic rings. The summed E-state index contributed by atoms with van der Waals surface area (Å²) in [5.74, 6) is 0.849. The van der Waals surface area contributed by atoms with Gasteiger partial charge in [-0.15, -0.1) is 0 Å². The number of methoxy groups -OCH3 is 2. The predicted octanol–water partition coefficient (Wildman–Crippen LogP) is 3.58. The first-order chi connectivity index (χ1) is 11.5. The first-order valence-electron chi connectivity index (χ1n) is 7.73. The molecule has 0 aliphatic carbocycles. The van der Waals surface area contributed by atoms with Gasteiger partial charge in [0.1, 0.15) is 0 Å². The van der Waals surface area contributed by atoms with E-state index >= 15 is 0 Å². The molecule has 0 atom stereocenters. The third-order valence-corrected chi connectivity index (χ3v) is 3.34. The lowest BCUT2D eigenvalue weighted by Gasteiger charge is -2.07. The molecule has 1 rings (SSSR count).